The molecule has 0 aliphatic rings. The number of aliphatic carboxylic acids is 1. The molecule has 3 N–H and O–H groups in total. The average molecular weight is 276 g/mol. The molecule has 0 saturated carbocycles. The second-order valence-corrected chi connectivity index (χ2v) is 4.45. The molecule has 1 aromatic heterocycles. The Kier molecular flexibility index (Phi) is 4.37. The number of aromatic amines is 1. The number of ether oxygens (including phenoxy) is 1. The molecule has 2 aromatic rings. The van der Waals surface area contributed by atoms with Crippen LogP contribution in [0.15, 0.2) is 30.5 Å². The van der Waals surface area contributed by atoms with Crippen molar-refractivity contribution in [2.24, 2.45) is 0 Å². The summed E-state index contributed by atoms with van der Waals surface area (Å²) in [5.41, 5.74) is 1.78. The number of hydrogen-bond acceptors (Lipinski definition) is 3. The van der Waals surface area contributed by atoms with Gasteiger partial charge in [0.2, 0.25) is 5.91 Å². The maximum Gasteiger partial charge on any atom is 0.328 e. The predicted molar refractivity (Wildman–Crippen MR) is 73.4 cm³/mol. The lowest BCUT2D eigenvalue weighted by Gasteiger charge is -2.13. The molecule has 0 aliphatic carbocycles. The van der Waals surface area contributed by atoms with Crippen LogP contribution in [0.1, 0.15) is 5.56 Å². The number of fused-ring (bicyclic) bond motifs is 1. The van der Waals surface area contributed by atoms with E-state index in [0.29, 0.717) is 0 Å². The van der Waals surface area contributed by atoms with E-state index in [2.05, 4.69) is 10.3 Å². The van der Waals surface area contributed by atoms with Crippen molar-refractivity contribution in [2.75, 3.05) is 13.7 Å². The fourth-order valence-electron chi connectivity index (χ4n) is 2.04. The summed E-state index contributed by atoms with van der Waals surface area (Å²) in [4.78, 5) is 25.9. The van der Waals surface area contributed by atoms with E-state index < -0.39 is 12.0 Å². The van der Waals surface area contributed by atoms with Crippen molar-refractivity contribution in [3.8, 4) is 0 Å². The van der Waals surface area contributed by atoms with Gasteiger partial charge in [-0.1, -0.05) is 18.2 Å². The lowest BCUT2D eigenvalue weighted by Crippen LogP contribution is -2.44. The minimum Gasteiger partial charge on any atom is -0.480 e. The van der Waals surface area contributed by atoms with Crippen molar-refractivity contribution < 1.29 is 19.4 Å². The van der Waals surface area contributed by atoms with Gasteiger partial charge in [-0.2, -0.15) is 0 Å². The number of hydrogen-bond donors (Lipinski definition) is 3. The van der Waals surface area contributed by atoms with Gasteiger partial charge in [0, 0.05) is 24.2 Å². The van der Waals surface area contributed by atoms with Gasteiger partial charge in [0.25, 0.3) is 0 Å². The zero-order chi connectivity index (χ0) is 14.5. The van der Waals surface area contributed by atoms with Crippen LogP contribution in [0.4, 0.5) is 0 Å². The number of carboxylic acids is 1. The van der Waals surface area contributed by atoms with E-state index in [0.717, 1.165) is 16.5 Å². The number of carbonyl (C=O) groups is 2. The Hall–Kier alpha value is -2.34. The van der Waals surface area contributed by atoms with Crippen LogP contribution in [0, 0.1) is 0 Å². The van der Waals surface area contributed by atoms with Crippen LogP contribution < -0.4 is 5.32 Å². The molecule has 0 fully saturated rings. The van der Waals surface area contributed by atoms with Crippen molar-refractivity contribution in [3.05, 3.63) is 36.0 Å². The highest BCUT2D eigenvalue weighted by Gasteiger charge is 2.20. The second-order valence-electron chi connectivity index (χ2n) is 4.45. The van der Waals surface area contributed by atoms with E-state index >= 15 is 0 Å². The molecule has 2 rings (SSSR count). The number of para-hydroxylation sites is 1. The molecule has 20 heavy (non-hydrogen) atoms. The SMILES string of the molecule is COCC(NC(=O)Cc1c[nH]c2ccccc12)C(=O)O. The summed E-state index contributed by atoms with van der Waals surface area (Å²) in [7, 11) is 1.39. The summed E-state index contributed by atoms with van der Waals surface area (Å²) < 4.78 is 4.77. The highest BCUT2D eigenvalue weighted by atomic mass is 16.5. The molecule has 6 nitrogen and oxygen atoms in total. The van der Waals surface area contributed by atoms with Crippen LogP contribution >= 0.6 is 0 Å². The topological polar surface area (TPSA) is 91.4 Å². The molecule has 1 heterocycles. The number of H-pyrrole nitrogens is 1. The molecule has 0 spiro atoms. The quantitative estimate of drug-likeness (QED) is 0.732. The van der Waals surface area contributed by atoms with Crippen LogP contribution in [-0.2, 0) is 20.7 Å². The molecule has 0 bridgehead atoms. The van der Waals surface area contributed by atoms with Gasteiger partial charge in [0.15, 0.2) is 6.04 Å². The van der Waals surface area contributed by atoms with E-state index in [1.807, 2.05) is 24.3 Å². The van der Waals surface area contributed by atoms with Crippen molar-refractivity contribution in [3.63, 3.8) is 0 Å². The van der Waals surface area contributed by atoms with Gasteiger partial charge in [-0.15, -0.1) is 0 Å². The largest absolute Gasteiger partial charge is 0.480 e. The van der Waals surface area contributed by atoms with Crippen molar-refractivity contribution in [1.82, 2.24) is 10.3 Å². The molecule has 0 saturated heterocycles. The predicted octanol–water partition coefficient (Wildman–Crippen LogP) is 0.926. The first-order valence-electron chi connectivity index (χ1n) is 6.18. The molecule has 1 unspecified atom stereocenters. The van der Waals surface area contributed by atoms with Gasteiger partial charge in [-0.25, -0.2) is 4.79 Å². The van der Waals surface area contributed by atoms with Crippen LogP contribution in [0.25, 0.3) is 10.9 Å². The van der Waals surface area contributed by atoms with E-state index in [9.17, 15) is 9.59 Å². The van der Waals surface area contributed by atoms with Crippen LogP contribution in [0.2, 0.25) is 0 Å². The monoisotopic (exact) mass is 276 g/mol. The van der Waals surface area contributed by atoms with Crippen molar-refractivity contribution in [1.29, 1.82) is 0 Å². The average Bonchev–Trinajstić information content (AvgIpc) is 2.81. The smallest absolute Gasteiger partial charge is 0.328 e. The van der Waals surface area contributed by atoms with Gasteiger partial charge in [-0.05, 0) is 11.6 Å². The number of benzene rings is 1. The minimum atomic E-state index is -1.11. The summed E-state index contributed by atoms with van der Waals surface area (Å²) in [6.07, 6.45) is 1.88. The maximum atomic E-state index is 11.9. The molecule has 6 heteroatoms. The van der Waals surface area contributed by atoms with Gasteiger partial charge >= 0.3 is 5.97 Å². The highest BCUT2D eigenvalue weighted by molar-refractivity contribution is 5.90. The van der Waals surface area contributed by atoms with E-state index in [1.165, 1.54) is 7.11 Å². The van der Waals surface area contributed by atoms with Gasteiger partial charge in [0.1, 0.15) is 0 Å². The third-order valence-electron chi connectivity index (χ3n) is 2.99. The van der Waals surface area contributed by atoms with Crippen LogP contribution in [0.3, 0.4) is 0 Å². The second kappa shape index (κ2) is 6.21. The third-order valence-corrected chi connectivity index (χ3v) is 2.99. The number of methoxy groups -OCH3 is 1. The molecule has 0 radical (unpaired) electrons. The number of aromatic nitrogens is 1. The zero-order valence-electron chi connectivity index (χ0n) is 11.1. The van der Waals surface area contributed by atoms with E-state index in [1.54, 1.807) is 6.20 Å². The Balaban J connectivity index is 2.06. The minimum absolute atomic E-state index is 0.0606. The van der Waals surface area contributed by atoms with Crippen LogP contribution in [-0.4, -0.2) is 41.7 Å². The van der Waals surface area contributed by atoms with Crippen molar-refractivity contribution in [2.45, 2.75) is 12.5 Å². The summed E-state index contributed by atoms with van der Waals surface area (Å²) in [6, 6.07) is 6.60. The first kappa shape index (κ1) is 14.1. The van der Waals surface area contributed by atoms with Gasteiger partial charge in [-0.3, -0.25) is 4.79 Å². The molecule has 1 atom stereocenters. The Morgan fingerprint density at radius 3 is 2.85 bits per heavy atom. The lowest BCUT2D eigenvalue weighted by molar-refractivity contribution is -0.143. The number of rotatable bonds is 6. The summed E-state index contributed by atoms with van der Waals surface area (Å²) in [5, 5.41) is 12.4. The Labute approximate surface area is 115 Å². The number of carbonyl (C=O) groups excluding carboxylic acids is 1. The third kappa shape index (κ3) is 3.16. The van der Waals surface area contributed by atoms with E-state index in [-0.39, 0.29) is 18.9 Å². The fraction of sp³-hybridized carbons (Fsp3) is 0.286. The molecule has 1 amide bonds. The fourth-order valence-corrected chi connectivity index (χ4v) is 2.04. The summed E-state index contributed by atoms with van der Waals surface area (Å²) in [5.74, 6) is -1.46. The standard InChI is InChI=1S/C14H16N2O4/c1-20-8-12(14(18)19)16-13(17)6-9-7-15-11-5-3-2-4-10(9)11/h2-5,7,12,15H,6,8H2,1H3,(H,16,17)(H,18,19). The zero-order valence-corrected chi connectivity index (χ0v) is 11.1. The molecule has 106 valence electrons. The lowest BCUT2D eigenvalue weighted by atomic mass is 10.1. The number of nitrogens with one attached hydrogen (secondary N) is 2. The first-order valence-corrected chi connectivity index (χ1v) is 6.18. The van der Waals surface area contributed by atoms with E-state index in [4.69, 9.17) is 9.84 Å². The van der Waals surface area contributed by atoms with Crippen LogP contribution in [0.5, 0.6) is 0 Å². The maximum absolute atomic E-state index is 11.9. The highest BCUT2D eigenvalue weighted by Crippen LogP contribution is 2.17. The molecule has 0 aliphatic heterocycles. The Morgan fingerprint density at radius 2 is 2.15 bits per heavy atom. The van der Waals surface area contributed by atoms with Gasteiger partial charge < -0.3 is 20.1 Å². The van der Waals surface area contributed by atoms with Gasteiger partial charge in [0.05, 0.1) is 13.0 Å². The summed E-state index contributed by atoms with van der Waals surface area (Å²) in [6.45, 7) is -0.0606. The molecule has 1 aromatic carbocycles. The molecular weight excluding hydrogens is 260 g/mol. The summed E-state index contributed by atoms with van der Waals surface area (Å²) >= 11 is 0. The number of carboxylic acid groups (broad SMARTS) is 1. The Morgan fingerprint density at radius 1 is 1.40 bits per heavy atom. The molecular formula is C14H16N2O4. The Bertz CT molecular complexity index is 620. The van der Waals surface area contributed by atoms with Crippen molar-refractivity contribution >= 4 is 22.8 Å². The number of amides is 1. The first-order chi connectivity index (χ1) is 9.61. The normalized spacial score (nSPS) is 12.2.